The first-order valence-electron chi connectivity index (χ1n) is 7.88. The Morgan fingerprint density at radius 1 is 1.38 bits per heavy atom. The van der Waals surface area contributed by atoms with Gasteiger partial charge in [0.25, 0.3) is 0 Å². The van der Waals surface area contributed by atoms with Crippen molar-refractivity contribution in [3.8, 4) is 6.07 Å². The number of rotatable bonds is 4. The van der Waals surface area contributed by atoms with Gasteiger partial charge in [-0.2, -0.15) is 5.26 Å². The van der Waals surface area contributed by atoms with Crippen molar-refractivity contribution in [2.45, 2.75) is 57.4 Å². The van der Waals surface area contributed by atoms with E-state index < -0.39 is 5.54 Å². The Kier molecular flexibility index (Phi) is 5.01. The fourth-order valence-electron chi connectivity index (χ4n) is 3.08. The zero-order valence-corrected chi connectivity index (χ0v) is 12.9. The standard InChI is InChI=1S/C18H24N2O/c1-3-15-9-11-18(13-19,12-10-15)20-17(21)14(2)16-7-5-4-6-8-16/h4-8,14-15H,3,9-12H2,1-2H3,(H,20,21). The molecule has 1 amide bonds. The van der Waals surface area contributed by atoms with Gasteiger partial charge in [0.2, 0.25) is 5.91 Å². The van der Waals surface area contributed by atoms with E-state index in [4.69, 9.17) is 0 Å². The molecular formula is C18H24N2O. The fraction of sp³-hybridized carbons (Fsp3) is 0.556. The summed E-state index contributed by atoms with van der Waals surface area (Å²) in [5, 5.41) is 12.6. The first kappa shape index (κ1) is 15.6. The first-order valence-corrected chi connectivity index (χ1v) is 7.88. The van der Waals surface area contributed by atoms with E-state index in [1.165, 1.54) is 0 Å². The summed E-state index contributed by atoms with van der Waals surface area (Å²) in [6, 6.07) is 12.1. The van der Waals surface area contributed by atoms with Crippen molar-refractivity contribution in [3.05, 3.63) is 35.9 Å². The highest BCUT2D eigenvalue weighted by molar-refractivity contribution is 5.84. The summed E-state index contributed by atoms with van der Waals surface area (Å²) in [6.07, 6.45) is 4.77. The molecule has 1 aromatic carbocycles. The van der Waals surface area contributed by atoms with Gasteiger partial charge in [0.1, 0.15) is 5.54 Å². The van der Waals surface area contributed by atoms with Gasteiger partial charge in [0.15, 0.2) is 0 Å². The second-order valence-electron chi connectivity index (χ2n) is 6.17. The van der Waals surface area contributed by atoms with E-state index >= 15 is 0 Å². The Hall–Kier alpha value is -1.82. The molecule has 0 bridgehead atoms. The molecule has 0 radical (unpaired) electrons. The van der Waals surface area contributed by atoms with Crippen LogP contribution in [0.3, 0.4) is 0 Å². The zero-order valence-electron chi connectivity index (χ0n) is 12.9. The van der Waals surface area contributed by atoms with Crippen LogP contribution < -0.4 is 5.32 Å². The van der Waals surface area contributed by atoms with Gasteiger partial charge in [-0.15, -0.1) is 0 Å². The van der Waals surface area contributed by atoms with Gasteiger partial charge in [-0.3, -0.25) is 4.79 Å². The average Bonchev–Trinajstić information content (AvgIpc) is 2.55. The monoisotopic (exact) mass is 284 g/mol. The van der Waals surface area contributed by atoms with Crippen LogP contribution in [-0.4, -0.2) is 11.4 Å². The third-order valence-electron chi connectivity index (χ3n) is 4.81. The Balaban J connectivity index is 2.02. The van der Waals surface area contributed by atoms with E-state index in [0.717, 1.165) is 37.7 Å². The van der Waals surface area contributed by atoms with Crippen LogP contribution in [0.5, 0.6) is 0 Å². The van der Waals surface area contributed by atoms with E-state index in [1.807, 2.05) is 37.3 Å². The van der Waals surface area contributed by atoms with Crippen molar-refractivity contribution in [2.24, 2.45) is 5.92 Å². The highest BCUT2D eigenvalue weighted by Gasteiger charge is 2.37. The molecular weight excluding hydrogens is 260 g/mol. The van der Waals surface area contributed by atoms with Crippen molar-refractivity contribution in [3.63, 3.8) is 0 Å². The molecule has 3 heteroatoms. The van der Waals surface area contributed by atoms with Crippen LogP contribution in [0, 0.1) is 17.2 Å². The summed E-state index contributed by atoms with van der Waals surface area (Å²) in [4.78, 5) is 12.5. The Labute approximate surface area is 127 Å². The van der Waals surface area contributed by atoms with Crippen molar-refractivity contribution in [2.75, 3.05) is 0 Å². The van der Waals surface area contributed by atoms with Crippen molar-refractivity contribution >= 4 is 5.91 Å². The molecule has 0 saturated heterocycles. The second kappa shape index (κ2) is 6.76. The number of nitriles is 1. The Morgan fingerprint density at radius 3 is 2.52 bits per heavy atom. The van der Waals surface area contributed by atoms with Gasteiger partial charge >= 0.3 is 0 Å². The molecule has 1 aliphatic rings. The summed E-state index contributed by atoms with van der Waals surface area (Å²) in [5.41, 5.74) is 0.330. The van der Waals surface area contributed by atoms with Gasteiger partial charge < -0.3 is 5.32 Å². The summed E-state index contributed by atoms with van der Waals surface area (Å²) in [6.45, 7) is 4.09. The largest absolute Gasteiger partial charge is 0.337 e. The topological polar surface area (TPSA) is 52.9 Å². The van der Waals surface area contributed by atoms with Gasteiger partial charge in [-0.25, -0.2) is 0 Å². The minimum atomic E-state index is -0.661. The first-order chi connectivity index (χ1) is 10.1. The summed E-state index contributed by atoms with van der Waals surface area (Å²) < 4.78 is 0. The van der Waals surface area contributed by atoms with E-state index in [9.17, 15) is 10.1 Å². The summed E-state index contributed by atoms with van der Waals surface area (Å²) >= 11 is 0. The predicted octanol–water partition coefficient (Wildman–Crippen LogP) is 3.77. The molecule has 3 nitrogen and oxygen atoms in total. The molecule has 1 N–H and O–H groups in total. The molecule has 1 atom stereocenters. The maximum absolute atomic E-state index is 12.5. The number of nitrogens with zero attached hydrogens (tertiary/aromatic N) is 1. The number of amides is 1. The minimum absolute atomic E-state index is 0.0438. The predicted molar refractivity (Wildman–Crippen MR) is 83.6 cm³/mol. The maximum atomic E-state index is 12.5. The van der Waals surface area contributed by atoms with E-state index in [0.29, 0.717) is 5.92 Å². The third-order valence-corrected chi connectivity index (χ3v) is 4.81. The van der Waals surface area contributed by atoms with Crippen molar-refractivity contribution < 1.29 is 4.79 Å². The Bertz CT molecular complexity index is 510. The lowest BCUT2D eigenvalue weighted by Gasteiger charge is -2.36. The van der Waals surface area contributed by atoms with Crippen LogP contribution in [-0.2, 0) is 4.79 Å². The van der Waals surface area contributed by atoms with Crippen molar-refractivity contribution in [1.29, 1.82) is 5.26 Å². The Morgan fingerprint density at radius 2 is 2.00 bits per heavy atom. The van der Waals surface area contributed by atoms with Crippen molar-refractivity contribution in [1.82, 2.24) is 5.32 Å². The molecule has 1 unspecified atom stereocenters. The lowest BCUT2D eigenvalue weighted by Crippen LogP contribution is -2.50. The minimum Gasteiger partial charge on any atom is -0.337 e. The smallest absolute Gasteiger partial charge is 0.228 e. The van der Waals surface area contributed by atoms with Crippen LogP contribution in [0.4, 0.5) is 0 Å². The zero-order chi connectivity index (χ0) is 15.3. The van der Waals surface area contributed by atoms with Crippen LogP contribution in [0.1, 0.15) is 57.4 Å². The molecule has 2 rings (SSSR count). The average molecular weight is 284 g/mol. The molecule has 1 saturated carbocycles. The van der Waals surface area contributed by atoms with Crippen LogP contribution in [0.15, 0.2) is 30.3 Å². The number of hydrogen-bond donors (Lipinski definition) is 1. The number of nitrogens with one attached hydrogen (secondary N) is 1. The highest BCUT2D eigenvalue weighted by atomic mass is 16.2. The maximum Gasteiger partial charge on any atom is 0.228 e. The number of carbonyl (C=O) groups excluding carboxylic acids is 1. The molecule has 0 spiro atoms. The molecule has 112 valence electrons. The lowest BCUT2D eigenvalue weighted by molar-refractivity contribution is -0.124. The second-order valence-corrected chi connectivity index (χ2v) is 6.17. The van der Waals surface area contributed by atoms with Gasteiger partial charge in [-0.1, -0.05) is 43.7 Å². The molecule has 0 aliphatic heterocycles. The molecule has 0 aromatic heterocycles. The highest BCUT2D eigenvalue weighted by Crippen LogP contribution is 2.33. The van der Waals surface area contributed by atoms with Crippen LogP contribution in [0.2, 0.25) is 0 Å². The summed E-state index contributed by atoms with van der Waals surface area (Å²) in [7, 11) is 0. The molecule has 21 heavy (non-hydrogen) atoms. The SMILES string of the molecule is CCC1CCC(C#N)(NC(=O)C(C)c2ccccc2)CC1. The third kappa shape index (κ3) is 3.64. The van der Waals surface area contributed by atoms with E-state index in [1.54, 1.807) is 0 Å². The molecule has 1 fully saturated rings. The number of hydrogen-bond acceptors (Lipinski definition) is 2. The van der Waals surface area contributed by atoms with E-state index in [-0.39, 0.29) is 11.8 Å². The van der Waals surface area contributed by atoms with Gasteiger partial charge in [0, 0.05) is 0 Å². The van der Waals surface area contributed by atoms with Crippen LogP contribution in [0.25, 0.3) is 0 Å². The normalized spacial score (nSPS) is 26.6. The van der Waals surface area contributed by atoms with Crippen LogP contribution >= 0.6 is 0 Å². The molecule has 1 aliphatic carbocycles. The van der Waals surface area contributed by atoms with E-state index in [2.05, 4.69) is 18.3 Å². The number of benzene rings is 1. The molecule has 0 heterocycles. The van der Waals surface area contributed by atoms with Gasteiger partial charge in [0.05, 0.1) is 12.0 Å². The molecule has 1 aromatic rings. The fourth-order valence-corrected chi connectivity index (χ4v) is 3.08. The lowest BCUT2D eigenvalue weighted by atomic mass is 9.76. The van der Waals surface area contributed by atoms with Gasteiger partial charge in [-0.05, 0) is 44.1 Å². The number of carbonyl (C=O) groups is 1. The quantitative estimate of drug-likeness (QED) is 0.915. The summed E-state index contributed by atoms with van der Waals surface area (Å²) in [5.74, 6) is 0.438.